The zero-order valence-electron chi connectivity index (χ0n) is 6.55. The van der Waals surface area contributed by atoms with Crippen molar-refractivity contribution >= 4 is 18.1 Å². The minimum Gasteiger partial charge on any atom is -0.423 e. The highest BCUT2D eigenvalue weighted by Gasteiger charge is 2.18. The van der Waals surface area contributed by atoms with Gasteiger partial charge in [-0.3, -0.25) is 0 Å². The highest BCUT2D eigenvalue weighted by Crippen LogP contribution is 2.05. The summed E-state index contributed by atoms with van der Waals surface area (Å²) in [5, 5.41) is 21.4. The lowest BCUT2D eigenvalue weighted by molar-refractivity contribution is 0.423. The summed E-state index contributed by atoms with van der Waals surface area (Å²) < 4.78 is 14.7. The van der Waals surface area contributed by atoms with Gasteiger partial charge in [0.05, 0.1) is 6.20 Å². The fourth-order valence-electron chi connectivity index (χ4n) is 1.18. The van der Waals surface area contributed by atoms with Crippen molar-refractivity contribution in [2.24, 2.45) is 0 Å². The van der Waals surface area contributed by atoms with Crippen molar-refractivity contribution in [2.45, 2.75) is 0 Å². The van der Waals surface area contributed by atoms with Crippen LogP contribution in [0.3, 0.4) is 0 Å². The minimum atomic E-state index is -1.79. The third-order valence-electron chi connectivity index (χ3n) is 1.82. The molecular formula is C7H6BFN2O2. The van der Waals surface area contributed by atoms with Crippen molar-refractivity contribution in [1.29, 1.82) is 0 Å². The Bertz CT molecular complexity index is 443. The zero-order chi connectivity index (χ0) is 9.42. The van der Waals surface area contributed by atoms with E-state index in [0.717, 1.165) is 0 Å². The van der Waals surface area contributed by atoms with Crippen LogP contribution in [-0.2, 0) is 0 Å². The Morgan fingerprint density at radius 3 is 2.85 bits per heavy atom. The van der Waals surface area contributed by atoms with Crippen LogP contribution in [0.15, 0.2) is 24.5 Å². The van der Waals surface area contributed by atoms with E-state index in [1.807, 2.05) is 0 Å². The summed E-state index contributed by atoms with van der Waals surface area (Å²) >= 11 is 0. The van der Waals surface area contributed by atoms with E-state index in [0.29, 0.717) is 0 Å². The third-order valence-corrected chi connectivity index (χ3v) is 1.82. The van der Waals surface area contributed by atoms with Crippen molar-refractivity contribution in [3.8, 4) is 0 Å². The number of aromatic nitrogens is 2. The number of halogens is 1. The number of nitrogens with zero attached hydrogens (tertiary/aromatic N) is 2. The van der Waals surface area contributed by atoms with Gasteiger partial charge >= 0.3 is 7.12 Å². The molecule has 0 aromatic carbocycles. The smallest absolute Gasteiger partial charge is 0.423 e. The molecule has 0 amide bonds. The second-order valence-electron chi connectivity index (χ2n) is 2.62. The van der Waals surface area contributed by atoms with E-state index in [9.17, 15) is 4.39 Å². The molecule has 0 aliphatic rings. The maximum atomic E-state index is 13.4. The van der Waals surface area contributed by atoms with Crippen LogP contribution < -0.4 is 5.46 Å². The number of hydrogen-bond acceptors (Lipinski definition) is 3. The number of hydrogen-bond donors (Lipinski definition) is 2. The Balaban J connectivity index is 2.73. The fourth-order valence-corrected chi connectivity index (χ4v) is 1.18. The highest BCUT2D eigenvalue weighted by atomic mass is 19.1. The lowest BCUT2D eigenvalue weighted by Crippen LogP contribution is -2.33. The fraction of sp³-hybridized carbons (Fsp3) is 0. The average molecular weight is 180 g/mol. The Kier molecular flexibility index (Phi) is 1.79. The molecule has 0 radical (unpaired) electrons. The van der Waals surface area contributed by atoms with Crippen LogP contribution in [0.2, 0.25) is 0 Å². The Labute approximate surface area is 73.4 Å². The molecule has 0 unspecified atom stereocenters. The standard InChI is InChI=1S/C7H6BFN2O2/c9-7-5(8(12)13)2-4-11-6(7)1-3-10-11/h1-4,12-13H. The summed E-state index contributed by atoms with van der Waals surface area (Å²) in [4.78, 5) is 0. The topological polar surface area (TPSA) is 57.8 Å². The molecule has 0 fully saturated rings. The molecule has 2 N–H and O–H groups in total. The molecule has 2 aromatic rings. The normalized spacial score (nSPS) is 10.7. The quantitative estimate of drug-likeness (QED) is 0.562. The van der Waals surface area contributed by atoms with Crippen LogP contribution in [0.25, 0.3) is 5.52 Å². The van der Waals surface area contributed by atoms with Gasteiger partial charge < -0.3 is 10.0 Å². The van der Waals surface area contributed by atoms with Crippen molar-refractivity contribution in [3.05, 3.63) is 30.3 Å². The number of fused-ring (bicyclic) bond motifs is 1. The van der Waals surface area contributed by atoms with Gasteiger partial charge in [0.1, 0.15) is 11.3 Å². The summed E-state index contributed by atoms with van der Waals surface area (Å²) in [6.07, 6.45) is 2.90. The molecule has 0 saturated heterocycles. The Hall–Kier alpha value is -1.40. The molecule has 2 aromatic heterocycles. The van der Waals surface area contributed by atoms with Crippen LogP contribution >= 0.6 is 0 Å². The first kappa shape index (κ1) is 8.21. The Morgan fingerprint density at radius 1 is 1.38 bits per heavy atom. The third kappa shape index (κ3) is 1.20. The first-order valence-corrected chi connectivity index (χ1v) is 3.68. The highest BCUT2D eigenvalue weighted by molar-refractivity contribution is 6.58. The molecular weight excluding hydrogens is 174 g/mol. The summed E-state index contributed by atoms with van der Waals surface area (Å²) in [5.41, 5.74) is 0.0820. The maximum Gasteiger partial charge on any atom is 0.491 e. The molecule has 66 valence electrons. The van der Waals surface area contributed by atoms with E-state index in [-0.39, 0.29) is 11.0 Å². The first-order chi connectivity index (χ1) is 6.20. The largest absolute Gasteiger partial charge is 0.491 e. The van der Waals surface area contributed by atoms with Crippen LogP contribution in [0.1, 0.15) is 0 Å². The van der Waals surface area contributed by atoms with Gasteiger partial charge in [-0.25, -0.2) is 8.91 Å². The van der Waals surface area contributed by atoms with Gasteiger partial charge in [-0.15, -0.1) is 0 Å². The molecule has 2 heterocycles. The van der Waals surface area contributed by atoms with E-state index in [1.165, 1.54) is 29.0 Å². The van der Waals surface area contributed by atoms with Gasteiger partial charge in [0.15, 0.2) is 0 Å². The SMILES string of the molecule is OB(O)c1ccn2nccc2c1F. The molecule has 0 bridgehead atoms. The average Bonchev–Trinajstić information content (AvgIpc) is 2.52. The van der Waals surface area contributed by atoms with Gasteiger partial charge in [-0.2, -0.15) is 5.10 Å². The number of pyridine rings is 1. The van der Waals surface area contributed by atoms with E-state index < -0.39 is 12.9 Å². The monoisotopic (exact) mass is 180 g/mol. The molecule has 0 spiro atoms. The van der Waals surface area contributed by atoms with Crippen molar-refractivity contribution in [1.82, 2.24) is 9.61 Å². The molecule has 0 saturated carbocycles. The second-order valence-corrected chi connectivity index (χ2v) is 2.62. The lowest BCUT2D eigenvalue weighted by Gasteiger charge is -2.02. The zero-order valence-corrected chi connectivity index (χ0v) is 6.55. The molecule has 0 aliphatic heterocycles. The van der Waals surface area contributed by atoms with Crippen LogP contribution in [-0.4, -0.2) is 26.8 Å². The van der Waals surface area contributed by atoms with Gasteiger partial charge in [0, 0.05) is 11.7 Å². The second kappa shape index (κ2) is 2.83. The van der Waals surface area contributed by atoms with Crippen LogP contribution in [0.4, 0.5) is 4.39 Å². The molecule has 4 nitrogen and oxygen atoms in total. The molecule has 0 atom stereocenters. The van der Waals surface area contributed by atoms with Crippen molar-refractivity contribution in [2.75, 3.05) is 0 Å². The van der Waals surface area contributed by atoms with E-state index >= 15 is 0 Å². The van der Waals surface area contributed by atoms with Gasteiger partial charge in [0.25, 0.3) is 0 Å². The van der Waals surface area contributed by atoms with E-state index in [2.05, 4.69) is 5.10 Å². The van der Waals surface area contributed by atoms with Gasteiger partial charge in [0.2, 0.25) is 0 Å². The van der Waals surface area contributed by atoms with Gasteiger partial charge in [-0.1, -0.05) is 0 Å². The first-order valence-electron chi connectivity index (χ1n) is 3.68. The summed E-state index contributed by atoms with van der Waals surface area (Å²) in [7, 11) is -1.79. The van der Waals surface area contributed by atoms with Crippen LogP contribution in [0.5, 0.6) is 0 Å². The predicted molar refractivity (Wildman–Crippen MR) is 45.0 cm³/mol. The number of rotatable bonds is 1. The summed E-state index contributed by atoms with van der Waals surface area (Å²) in [6.45, 7) is 0. The molecule has 6 heteroatoms. The Morgan fingerprint density at radius 2 is 2.15 bits per heavy atom. The minimum absolute atomic E-state index is 0.145. The van der Waals surface area contributed by atoms with Crippen LogP contribution in [0, 0.1) is 5.82 Å². The molecule has 13 heavy (non-hydrogen) atoms. The molecule has 0 aliphatic carbocycles. The predicted octanol–water partition coefficient (Wildman–Crippen LogP) is -0.847. The van der Waals surface area contributed by atoms with Crippen molar-refractivity contribution < 1.29 is 14.4 Å². The van der Waals surface area contributed by atoms with Gasteiger partial charge in [-0.05, 0) is 12.1 Å². The maximum absolute atomic E-state index is 13.4. The summed E-state index contributed by atoms with van der Waals surface area (Å²) in [5.74, 6) is -0.657. The summed E-state index contributed by atoms with van der Waals surface area (Å²) in [6, 6.07) is 2.74. The van der Waals surface area contributed by atoms with E-state index in [1.54, 1.807) is 0 Å². The van der Waals surface area contributed by atoms with Crippen molar-refractivity contribution in [3.63, 3.8) is 0 Å². The lowest BCUT2D eigenvalue weighted by atomic mass is 9.80. The van der Waals surface area contributed by atoms with E-state index in [4.69, 9.17) is 10.0 Å². The molecule has 2 rings (SSSR count).